The van der Waals surface area contributed by atoms with E-state index in [1.807, 2.05) is 31.2 Å². The SMILES string of the molecule is CCOc1cccc2cc([C@@H](C)NC(=O)c3ccc(C)[nH]c3=O)oc12. The Morgan fingerprint density at radius 3 is 2.84 bits per heavy atom. The van der Waals surface area contributed by atoms with E-state index >= 15 is 0 Å². The first-order valence-corrected chi connectivity index (χ1v) is 8.15. The van der Waals surface area contributed by atoms with Gasteiger partial charge in [0.05, 0.1) is 12.6 Å². The van der Waals surface area contributed by atoms with Crippen molar-refractivity contribution < 1.29 is 13.9 Å². The molecule has 1 atom stereocenters. The number of carbonyl (C=O) groups excluding carboxylic acids is 1. The van der Waals surface area contributed by atoms with Gasteiger partial charge in [-0.25, -0.2) is 0 Å². The zero-order valence-corrected chi connectivity index (χ0v) is 14.4. The van der Waals surface area contributed by atoms with Crippen LogP contribution in [-0.4, -0.2) is 17.5 Å². The van der Waals surface area contributed by atoms with E-state index in [1.54, 1.807) is 19.9 Å². The van der Waals surface area contributed by atoms with Crippen LogP contribution in [0.5, 0.6) is 5.75 Å². The summed E-state index contributed by atoms with van der Waals surface area (Å²) in [5.41, 5.74) is 1.01. The summed E-state index contributed by atoms with van der Waals surface area (Å²) in [4.78, 5) is 26.9. The molecule has 1 amide bonds. The number of rotatable bonds is 5. The number of aryl methyl sites for hydroxylation is 1. The van der Waals surface area contributed by atoms with E-state index in [-0.39, 0.29) is 5.56 Å². The Hall–Kier alpha value is -3.02. The van der Waals surface area contributed by atoms with Crippen LogP contribution in [0.15, 0.2) is 45.6 Å². The monoisotopic (exact) mass is 340 g/mol. The average Bonchev–Trinajstić information content (AvgIpc) is 3.00. The first kappa shape index (κ1) is 16.8. The van der Waals surface area contributed by atoms with Crippen LogP contribution in [0.4, 0.5) is 0 Å². The van der Waals surface area contributed by atoms with Gasteiger partial charge in [0.15, 0.2) is 11.3 Å². The number of carbonyl (C=O) groups is 1. The molecule has 3 rings (SSSR count). The Morgan fingerprint density at radius 2 is 2.12 bits per heavy atom. The topological polar surface area (TPSA) is 84.3 Å². The number of benzene rings is 1. The molecule has 130 valence electrons. The second-order valence-electron chi connectivity index (χ2n) is 5.84. The summed E-state index contributed by atoms with van der Waals surface area (Å²) in [5, 5.41) is 3.69. The van der Waals surface area contributed by atoms with Crippen molar-refractivity contribution in [3.05, 3.63) is 63.8 Å². The van der Waals surface area contributed by atoms with E-state index in [0.29, 0.717) is 29.4 Å². The maximum atomic E-state index is 12.3. The quantitative estimate of drug-likeness (QED) is 0.746. The molecule has 0 aliphatic heterocycles. The molecule has 0 bridgehead atoms. The summed E-state index contributed by atoms with van der Waals surface area (Å²) in [6.45, 7) is 6.01. The van der Waals surface area contributed by atoms with Crippen molar-refractivity contribution in [3.8, 4) is 5.75 Å². The van der Waals surface area contributed by atoms with Gasteiger partial charge in [0.2, 0.25) is 0 Å². The second kappa shape index (κ2) is 6.84. The van der Waals surface area contributed by atoms with E-state index in [4.69, 9.17) is 9.15 Å². The van der Waals surface area contributed by atoms with E-state index < -0.39 is 17.5 Å². The predicted octanol–water partition coefficient (Wildman–Crippen LogP) is 3.32. The lowest BCUT2D eigenvalue weighted by Crippen LogP contribution is -2.31. The lowest BCUT2D eigenvalue weighted by Gasteiger charge is -2.11. The van der Waals surface area contributed by atoms with Crippen molar-refractivity contribution in [2.24, 2.45) is 0 Å². The Morgan fingerprint density at radius 1 is 1.32 bits per heavy atom. The minimum Gasteiger partial charge on any atom is -0.490 e. The molecule has 3 aromatic rings. The van der Waals surface area contributed by atoms with Gasteiger partial charge < -0.3 is 19.5 Å². The molecule has 0 aliphatic rings. The molecule has 2 heterocycles. The molecular weight excluding hydrogens is 320 g/mol. The molecule has 6 heteroatoms. The summed E-state index contributed by atoms with van der Waals surface area (Å²) >= 11 is 0. The van der Waals surface area contributed by atoms with Crippen molar-refractivity contribution in [2.45, 2.75) is 26.8 Å². The fraction of sp³-hybridized carbons (Fsp3) is 0.263. The highest BCUT2D eigenvalue weighted by Crippen LogP contribution is 2.31. The number of ether oxygens (including phenoxy) is 1. The lowest BCUT2D eigenvalue weighted by atomic mass is 10.2. The van der Waals surface area contributed by atoms with E-state index in [2.05, 4.69) is 10.3 Å². The Labute approximate surface area is 144 Å². The largest absolute Gasteiger partial charge is 0.490 e. The zero-order chi connectivity index (χ0) is 18.0. The summed E-state index contributed by atoms with van der Waals surface area (Å²) in [6, 6.07) is 10.3. The third-order valence-electron chi connectivity index (χ3n) is 3.90. The average molecular weight is 340 g/mol. The van der Waals surface area contributed by atoms with Gasteiger partial charge in [-0.15, -0.1) is 0 Å². The molecule has 2 N–H and O–H groups in total. The van der Waals surface area contributed by atoms with Crippen molar-refractivity contribution in [1.82, 2.24) is 10.3 Å². The van der Waals surface area contributed by atoms with Crippen LogP contribution in [-0.2, 0) is 0 Å². The van der Waals surface area contributed by atoms with Crippen molar-refractivity contribution >= 4 is 16.9 Å². The smallest absolute Gasteiger partial charge is 0.260 e. The van der Waals surface area contributed by atoms with Crippen LogP contribution in [0.25, 0.3) is 11.0 Å². The van der Waals surface area contributed by atoms with Crippen molar-refractivity contribution in [2.75, 3.05) is 6.61 Å². The van der Waals surface area contributed by atoms with E-state index in [1.165, 1.54) is 6.07 Å². The highest BCUT2D eigenvalue weighted by Gasteiger charge is 2.18. The first-order chi connectivity index (χ1) is 12.0. The normalized spacial score (nSPS) is 12.1. The van der Waals surface area contributed by atoms with Crippen LogP contribution in [0.3, 0.4) is 0 Å². The molecular formula is C19H20N2O4. The number of H-pyrrole nitrogens is 1. The number of nitrogens with one attached hydrogen (secondary N) is 2. The van der Waals surface area contributed by atoms with Crippen LogP contribution in [0.1, 0.15) is 41.7 Å². The Bertz CT molecular complexity index is 971. The predicted molar refractivity (Wildman–Crippen MR) is 95.1 cm³/mol. The van der Waals surface area contributed by atoms with Crippen molar-refractivity contribution in [3.63, 3.8) is 0 Å². The minimum absolute atomic E-state index is 0.0727. The van der Waals surface area contributed by atoms with Gasteiger partial charge in [-0.1, -0.05) is 12.1 Å². The molecule has 0 unspecified atom stereocenters. The fourth-order valence-electron chi connectivity index (χ4n) is 2.64. The molecule has 0 saturated carbocycles. The number of hydrogen-bond acceptors (Lipinski definition) is 4. The number of fused-ring (bicyclic) bond motifs is 1. The van der Waals surface area contributed by atoms with Crippen LogP contribution in [0, 0.1) is 6.92 Å². The van der Waals surface area contributed by atoms with Gasteiger partial charge >= 0.3 is 0 Å². The third kappa shape index (κ3) is 3.42. The van der Waals surface area contributed by atoms with Gasteiger partial charge in [0.1, 0.15) is 11.3 Å². The minimum atomic E-state index is -0.445. The van der Waals surface area contributed by atoms with Gasteiger partial charge in [0, 0.05) is 11.1 Å². The summed E-state index contributed by atoms with van der Waals surface area (Å²) < 4.78 is 11.4. The molecule has 0 aliphatic carbocycles. The standard InChI is InChI=1S/C19H20N2O4/c1-4-24-15-7-5-6-13-10-16(25-17(13)15)12(3)21-19(23)14-9-8-11(2)20-18(14)22/h5-10,12H,4H2,1-3H3,(H,20,22)(H,21,23)/t12-/m1/s1. The van der Waals surface area contributed by atoms with Gasteiger partial charge in [-0.2, -0.15) is 0 Å². The zero-order valence-electron chi connectivity index (χ0n) is 14.4. The highest BCUT2D eigenvalue weighted by molar-refractivity contribution is 5.94. The maximum absolute atomic E-state index is 12.3. The van der Waals surface area contributed by atoms with E-state index in [9.17, 15) is 9.59 Å². The van der Waals surface area contributed by atoms with Crippen molar-refractivity contribution in [1.29, 1.82) is 0 Å². The van der Waals surface area contributed by atoms with Gasteiger partial charge in [0.25, 0.3) is 11.5 Å². The summed E-state index contributed by atoms with van der Waals surface area (Å²) in [7, 11) is 0. The van der Waals surface area contributed by atoms with Crippen LogP contribution < -0.4 is 15.6 Å². The number of aromatic amines is 1. The number of pyridine rings is 1. The molecule has 1 aromatic carbocycles. The number of furan rings is 1. The second-order valence-corrected chi connectivity index (χ2v) is 5.84. The number of para-hydroxylation sites is 1. The molecule has 0 radical (unpaired) electrons. The maximum Gasteiger partial charge on any atom is 0.260 e. The number of aromatic nitrogens is 1. The first-order valence-electron chi connectivity index (χ1n) is 8.15. The highest BCUT2D eigenvalue weighted by atomic mass is 16.5. The molecule has 0 spiro atoms. The van der Waals surface area contributed by atoms with Gasteiger partial charge in [-0.05, 0) is 45.0 Å². The lowest BCUT2D eigenvalue weighted by molar-refractivity contribution is 0.0934. The van der Waals surface area contributed by atoms with E-state index in [0.717, 1.165) is 5.39 Å². The molecule has 0 fully saturated rings. The number of hydrogen-bond donors (Lipinski definition) is 2. The molecule has 25 heavy (non-hydrogen) atoms. The molecule has 0 saturated heterocycles. The van der Waals surface area contributed by atoms with Gasteiger partial charge in [-0.3, -0.25) is 9.59 Å². The Kier molecular flexibility index (Phi) is 4.61. The summed E-state index contributed by atoms with van der Waals surface area (Å²) in [6.07, 6.45) is 0. The Balaban J connectivity index is 1.84. The summed E-state index contributed by atoms with van der Waals surface area (Å²) in [5.74, 6) is 0.818. The van der Waals surface area contributed by atoms with Crippen LogP contribution in [0.2, 0.25) is 0 Å². The number of amides is 1. The third-order valence-corrected chi connectivity index (χ3v) is 3.90. The molecule has 2 aromatic heterocycles. The molecule has 6 nitrogen and oxygen atoms in total. The fourth-order valence-corrected chi connectivity index (χ4v) is 2.64. The van der Waals surface area contributed by atoms with Crippen LogP contribution >= 0.6 is 0 Å².